The predicted molar refractivity (Wildman–Crippen MR) is 83.2 cm³/mol. The number of hydrogen-bond acceptors (Lipinski definition) is 5. The molecular formula is C15H19N3O5. The summed E-state index contributed by atoms with van der Waals surface area (Å²) in [5, 5.41) is 14.6. The van der Waals surface area contributed by atoms with E-state index in [-0.39, 0.29) is 5.92 Å². The second-order valence-corrected chi connectivity index (χ2v) is 5.05. The molecule has 0 saturated carbocycles. The molecule has 2 amide bonds. The van der Waals surface area contributed by atoms with Gasteiger partial charge in [0.25, 0.3) is 0 Å². The number of carbonyl (C=O) groups is 3. The van der Waals surface area contributed by atoms with E-state index in [1.807, 2.05) is 13.8 Å². The van der Waals surface area contributed by atoms with Crippen LogP contribution >= 0.6 is 0 Å². The van der Waals surface area contributed by atoms with Gasteiger partial charge in [0.1, 0.15) is 5.75 Å². The molecule has 0 aromatic heterocycles. The van der Waals surface area contributed by atoms with Gasteiger partial charge in [-0.05, 0) is 35.7 Å². The molecule has 23 heavy (non-hydrogen) atoms. The van der Waals surface area contributed by atoms with Crippen LogP contribution in [0.1, 0.15) is 19.4 Å². The minimum atomic E-state index is -1.06. The van der Waals surface area contributed by atoms with Crippen molar-refractivity contribution in [3.05, 3.63) is 29.8 Å². The van der Waals surface area contributed by atoms with Gasteiger partial charge in [-0.15, -0.1) is 0 Å². The fourth-order valence-corrected chi connectivity index (χ4v) is 1.39. The highest BCUT2D eigenvalue weighted by atomic mass is 16.5. The smallest absolute Gasteiger partial charge is 0.341 e. The lowest BCUT2D eigenvalue weighted by molar-refractivity contribution is -0.139. The molecule has 3 N–H and O–H groups in total. The van der Waals surface area contributed by atoms with Crippen molar-refractivity contribution in [1.82, 2.24) is 10.7 Å². The molecule has 0 unspecified atom stereocenters. The molecule has 8 heteroatoms. The molecule has 0 heterocycles. The number of benzene rings is 1. The van der Waals surface area contributed by atoms with Crippen molar-refractivity contribution in [3.63, 3.8) is 0 Å². The van der Waals surface area contributed by atoms with Crippen molar-refractivity contribution in [2.75, 3.05) is 13.2 Å². The Labute approximate surface area is 133 Å². The molecule has 1 rings (SSSR count). The number of hydrazone groups is 1. The minimum Gasteiger partial charge on any atom is -0.482 e. The summed E-state index contributed by atoms with van der Waals surface area (Å²) in [5.74, 6) is -2.00. The second kappa shape index (κ2) is 9.19. The lowest BCUT2D eigenvalue weighted by Gasteiger charge is -2.05. The van der Waals surface area contributed by atoms with Crippen LogP contribution in [0, 0.1) is 5.92 Å². The number of hydrogen-bond donors (Lipinski definition) is 3. The first-order valence-corrected chi connectivity index (χ1v) is 6.94. The molecule has 0 aliphatic heterocycles. The quantitative estimate of drug-likeness (QED) is 0.381. The number of amides is 2. The molecule has 0 atom stereocenters. The Hall–Kier alpha value is -2.90. The summed E-state index contributed by atoms with van der Waals surface area (Å²) in [4.78, 5) is 33.2. The van der Waals surface area contributed by atoms with Crippen LogP contribution in [0.15, 0.2) is 29.4 Å². The van der Waals surface area contributed by atoms with Crippen LogP contribution in [0.2, 0.25) is 0 Å². The number of nitrogens with one attached hydrogen (secondary N) is 2. The van der Waals surface area contributed by atoms with Gasteiger partial charge in [0.05, 0.1) is 6.21 Å². The molecule has 0 aliphatic carbocycles. The molecular weight excluding hydrogens is 302 g/mol. The van der Waals surface area contributed by atoms with Crippen molar-refractivity contribution in [1.29, 1.82) is 0 Å². The van der Waals surface area contributed by atoms with E-state index in [1.165, 1.54) is 6.21 Å². The topological polar surface area (TPSA) is 117 Å². The maximum absolute atomic E-state index is 11.4. The van der Waals surface area contributed by atoms with Gasteiger partial charge in [-0.2, -0.15) is 5.10 Å². The number of aliphatic carboxylic acids is 1. The molecule has 0 radical (unpaired) electrons. The third-order valence-electron chi connectivity index (χ3n) is 2.50. The lowest BCUT2D eigenvalue weighted by atomic mass is 10.2. The summed E-state index contributed by atoms with van der Waals surface area (Å²) in [6, 6.07) is 6.40. The first-order chi connectivity index (χ1) is 10.9. The van der Waals surface area contributed by atoms with E-state index < -0.39 is 24.4 Å². The number of ether oxygens (including phenoxy) is 1. The predicted octanol–water partition coefficient (Wildman–Crippen LogP) is 0.372. The Balaban J connectivity index is 2.43. The summed E-state index contributed by atoms with van der Waals surface area (Å²) in [7, 11) is 0. The zero-order valence-electron chi connectivity index (χ0n) is 12.9. The largest absolute Gasteiger partial charge is 0.482 e. The van der Waals surface area contributed by atoms with Crippen LogP contribution in [0.25, 0.3) is 0 Å². The van der Waals surface area contributed by atoms with Gasteiger partial charge in [0, 0.05) is 6.54 Å². The third kappa shape index (κ3) is 7.60. The normalized spacial score (nSPS) is 10.6. The Morgan fingerprint density at radius 2 is 1.87 bits per heavy atom. The maximum atomic E-state index is 11.4. The Morgan fingerprint density at radius 3 is 2.43 bits per heavy atom. The number of carboxylic acid groups (broad SMARTS) is 1. The number of nitrogens with zero attached hydrogens (tertiary/aromatic N) is 1. The standard InChI is InChI=1S/C15H19N3O5/c1-10(2)7-16-14(21)15(22)18-17-8-11-3-5-12(6-4-11)23-9-13(19)20/h3-6,8,10H,7,9H2,1-2H3,(H,16,21)(H,18,22)(H,19,20)/b17-8-. The lowest BCUT2D eigenvalue weighted by Crippen LogP contribution is -2.39. The van der Waals surface area contributed by atoms with E-state index in [2.05, 4.69) is 15.8 Å². The second-order valence-electron chi connectivity index (χ2n) is 5.05. The van der Waals surface area contributed by atoms with E-state index in [0.717, 1.165) is 0 Å². The first kappa shape index (κ1) is 18.1. The molecule has 0 fully saturated rings. The fraction of sp³-hybridized carbons (Fsp3) is 0.333. The zero-order chi connectivity index (χ0) is 17.2. The van der Waals surface area contributed by atoms with Crippen LogP contribution in [0.4, 0.5) is 0 Å². The monoisotopic (exact) mass is 321 g/mol. The molecule has 0 spiro atoms. The van der Waals surface area contributed by atoms with Crippen molar-refractivity contribution < 1.29 is 24.2 Å². The highest BCUT2D eigenvalue weighted by Gasteiger charge is 2.11. The highest BCUT2D eigenvalue weighted by Crippen LogP contribution is 2.10. The number of rotatable bonds is 7. The van der Waals surface area contributed by atoms with Crippen LogP contribution < -0.4 is 15.5 Å². The molecule has 1 aromatic rings. The first-order valence-electron chi connectivity index (χ1n) is 6.94. The zero-order valence-corrected chi connectivity index (χ0v) is 12.9. The maximum Gasteiger partial charge on any atom is 0.341 e. The summed E-state index contributed by atoms with van der Waals surface area (Å²) < 4.78 is 4.98. The fourth-order valence-electron chi connectivity index (χ4n) is 1.39. The highest BCUT2D eigenvalue weighted by molar-refractivity contribution is 6.35. The van der Waals surface area contributed by atoms with Gasteiger partial charge < -0.3 is 15.2 Å². The Kier molecular flexibility index (Phi) is 7.25. The van der Waals surface area contributed by atoms with Gasteiger partial charge in [-0.3, -0.25) is 9.59 Å². The summed E-state index contributed by atoms with van der Waals surface area (Å²) >= 11 is 0. The van der Waals surface area contributed by atoms with Gasteiger partial charge in [0.15, 0.2) is 6.61 Å². The van der Waals surface area contributed by atoms with Gasteiger partial charge in [0.2, 0.25) is 0 Å². The van der Waals surface area contributed by atoms with E-state index in [0.29, 0.717) is 17.9 Å². The molecule has 0 aliphatic rings. The SMILES string of the molecule is CC(C)CNC(=O)C(=O)N/N=C\c1ccc(OCC(=O)O)cc1. The summed E-state index contributed by atoms with van der Waals surface area (Å²) in [6.45, 7) is 3.82. The average Bonchev–Trinajstić information content (AvgIpc) is 2.51. The van der Waals surface area contributed by atoms with Gasteiger partial charge in [-0.25, -0.2) is 10.2 Å². The van der Waals surface area contributed by atoms with E-state index in [9.17, 15) is 14.4 Å². The van der Waals surface area contributed by atoms with Crippen molar-refractivity contribution in [2.45, 2.75) is 13.8 Å². The van der Waals surface area contributed by atoms with Crippen LogP contribution in [0.5, 0.6) is 5.75 Å². The Morgan fingerprint density at radius 1 is 1.22 bits per heavy atom. The summed E-state index contributed by atoms with van der Waals surface area (Å²) in [6.07, 6.45) is 1.36. The van der Waals surface area contributed by atoms with Gasteiger partial charge in [-0.1, -0.05) is 13.8 Å². The Bertz CT molecular complexity index is 581. The molecule has 1 aromatic carbocycles. The van der Waals surface area contributed by atoms with Crippen molar-refractivity contribution >= 4 is 24.0 Å². The van der Waals surface area contributed by atoms with Gasteiger partial charge >= 0.3 is 17.8 Å². The molecule has 0 bridgehead atoms. The minimum absolute atomic E-state index is 0.247. The number of carbonyl (C=O) groups excluding carboxylic acids is 2. The van der Waals surface area contributed by atoms with Crippen molar-refractivity contribution in [3.8, 4) is 5.75 Å². The van der Waals surface area contributed by atoms with Crippen LogP contribution in [-0.2, 0) is 14.4 Å². The number of carboxylic acids is 1. The van der Waals surface area contributed by atoms with Crippen LogP contribution in [-0.4, -0.2) is 42.3 Å². The molecule has 0 saturated heterocycles. The van der Waals surface area contributed by atoms with E-state index in [4.69, 9.17) is 9.84 Å². The van der Waals surface area contributed by atoms with E-state index >= 15 is 0 Å². The molecule has 124 valence electrons. The van der Waals surface area contributed by atoms with Crippen molar-refractivity contribution in [2.24, 2.45) is 11.0 Å². The molecule has 8 nitrogen and oxygen atoms in total. The third-order valence-corrected chi connectivity index (χ3v) is 2.50. The van der Waals surface area contributed by atoms with E-state index in [1.54, 1.807) is 24.3 Å². The average molecular weight is 321 g/mol. The van der Waals surface area contributed by atoms with Crippen LogP contribution in [0.3, 0.4) is 0 Å². The summed E-state index contributed by atoms with van der Waals surface area (Å²) in [5.41, 5.74) is 2.77.